The van der Waals surface area contributed by atoms with Crippen LogP contribution in [0.1, 0.15) is 32.8 Å². The number of alkyl carbamates (subject to hydrolysis) is 1. The molecule has 0 spiro atoms. The van der Waals surface area contributed by atoms with Crippen LogP contribution in [-0.4, -0.2) is 30.7 Å². The maximum Gasteiger partial charge on any atom is 0.407 e. The number of ether oxygens (including phenoxy) is 1. The van der Waals surface area contributed by atoms with Gasteiger partial charge in [0.15, 0.2) is 0 Å². The zero-order valence-electron chi connectivity index (χ0n) is 13.5. The van der Waals surface area contributed by atoms with Crippen LogP contribution in [0.2, 0.25) is 0 Å². The van der Waals surface area contributed by atoms with Crippen LogP contribution in [-0.2, 0) is 9.53 Å². The third-order valence-electron chi connectivity index (χ3n) is 2.47. The van der Waals surface area contributed by atoms with Crippen molar-refractivity contribution in [1.82, 2.24) is 10.6 Å². The molecule has 6 heteroatoms. The first-order chi connectivity index (χ1) is 10.8. The van der Waals surface area contributed by atoms with Gasteiger partial charge in [0.05, 0.1) is 0 Å². The summed E-state index contributed by atoms with van der Waals surface area (Å²) < 4.78 is 17.8. The fourth-order valence-corrected chi connectivity index (χ4v) is 1.50. The maximum atomic E-state index is 12.7. The molecule has 1 aromatic rings. The fourth-order valence-electron chi connectivity index (χ4n) is 1.50. The molecule has 0 aliphatic carbocycles. The highest BCUT2D eigenvalue weighted by Gasteiger charge is 2.15. The minimum atomic E-state index is -0.533. The summed E-state index contributed by atoms with van der Waals surface area (Å²) in [6.07, 6.45) is 0.0726. The number of rotatable bonds is 4. The number of halogens is 1. The molecule has 0 aromatic heterocycles. The second-order valence-corrected chi connectivity index (χ2v) is 5.80. The molecule has 0 radical (unpaired) electrons. The van der Waals surface area contributed by atoms with Crippen molar-refractivity contribution >= 4 is 12.0 Å². The Kier molecular flexibility index (Phi) is 7.07. The van der Waals surface area contributed by atoms with E-state index in [0.29, 0.717) is 25.1 Å². The molecule has 0 aliphatic heterocycles. The minimum Gasteiger partial charge on any atom is -0.444 e. The van der Waals surface area contributed by atoms with E-state index in [0.717, 1.165) is 0 Å². The van der Waals surface area contributed by atoms with Gasteiger partial charge in [0.1, 0.15) is 11.4 Å². The van der Waals surface area contributed by atoms with Gasteiger partial charge >= 0.3 is 6.09 Å². The molecular weight excluding hydrogens is 299 g/mol. The zero-order chi connectivity index (χ0) is 17.3. The molecule has 0 saturated carbocycles. The Morgan fingerprint density at radius 3 is 2.35 bits per heavy atom. The van der Waals surface area contributed by atoms with Gasteiger partial charge in [0.2, 0.25) is 0 Å². The zero-order valence-corrected chi connectivity index (χ0v) is 13.5. The number of nitrogens with one attached hydrogen (secondary N) is 2. The first-order valence-corrected chi connectivity index (χ1v) is 7.28. The Morgan fingerprint density at radius 1 is 1.13 bits per heavy atom. The van der Waals surface area contributed by atoms with E-state index in [2.05, 4.69) is 22.5 Å². The summed E-state index contributed by atoms with van der Waals surface area (Å²) >= 11 is 0. The van der Waals surface area contributed by atoms with Gasteiger partial charge in [0, 0.05) is 24.6 Å². The normalized spacial score (nSPS) is 10.3. The molecule has 1 aromatic carbocycles. The topological polar surface area (TPSA) is 67.4 Å². The van der Waals surface area contributed by atoms with Gasteiger partial charge in [-0.05, 0) is 51.5 Å². The van der Waals surface area contributed by atoms with Crippen LogP contribution in [0.15, 0.2) is 24.3 Å². The van der Waals surface area contributed by atoms with Crippen LogP contribution in [0.3, 0.4) is 0 Å². The monoisotopic (exact) mass is 320 g/mol. The summed E-state index contributed by atoms with van der Waals surface area (Å²) in [5, 5.41) is 5.20. The summed E-state index contributed by atoms with van der Waals surface area (Å²) in [6.45, 7) is 6.12. The van der Waals surface area contributed by atoms with E-state index in [4.69, 9.17) is 4.74 Å². The molecule has 0 fully saturated rings. The molecule has 5 nitrogen and oxygen atoms in total. The molecule has 124 valence electrons. The SMILES string of the molecule is CC(C)(C)OC(=O)NCCCNC(=O)C#Cc1ccc(F)cc1. The van der Waals surface area contributed by atoms with E-state index in [9.17, 15) is 14.0 Å². The number of hydrogen-bond acceptors (Lipinski definition) is 3. The molecular formula is C17H21FN2O3. The van der Waals surface area contributed by atoms with Crippen LogP contribution >= 0.6 is 0 Å². The number of amides is 2. The molecule has 0 saturated heterocycles. The average molecular weight is 320 g/mol. The Balaban J connectivity index is 2.20. The second kappa shape index (κ2) is 8.79. The Bertz CT molecular complexity index is 595. The number of hydrogen-bond donors (Lipinski definition) is 2. The van der Waals surface area contributed by atoms with Gasteiger partial charge in [-0.15, -0.1) is 0 Å². The van der Waals surface area contributed by atoms with Crippen LogP contribution in [0.25, 0.3) is 0 Å². The van der Waals surface area contributed by atoms with E-state index in [1.54, 1.807) is 20.8 Å². The molecule has 0 aliphatic rings. The molecule has 0 unspecified atom stereocenters. The van der Waals surface area contributed by atoms with Gasteiger partial charge in [-0.25, -0.2) is 9.18 Å². The molecule has 0 bridgehead atoms. The van der Waals surface area contributed by atoms with Crippen molar-refractivity contribution in [2.75, 3.05) is 13.1 Å². The maximum absolute atomic E-state index is 12.7. The second-order valence-electron chi connectivity index (χ2n) is 5.80. The van der Waals surface area contributed by atoms with Crippen LogP contribution in [0.4, 0.5) is 9.18 Å². The van der Waals surface area contributed by atoms with Crippen molar-refractivity contribution in [2.45, 2.75) is 32.8 Å². The van der Waals surface area contributed by atoms with Crippen molar-refractivity contribution in [2.24, 2.45) is 0 Å². The van der Waals surface area contributed by atoms with E-state index in [1.807, 2.05) is 0 Å². The molecule has 1 rings (SSSR count). The highest BCUT2D eigenvalue weighted by atomic mass is 19.1. The molecule has 2 N–H and O–H groups in total. The van der Waals surface area contributed by atoms with Gasteiger partial charge in [0.25, 0.3) is 5.91 Å². The quantitative estimate of drug-likeness (QED) is 0.660. The smallest absolute Gasteiger partial charge is 0.407 e. The average Bonchev–Trinajstić information content (AvgIpc) is 2.44. The van der Waals surface area contributed by atoms with E-state index in [-0.39, 0.29) is 5.82 Å². The number of carbonyl (C=O) groups is 2. The summed E-state index contributed by atoms with van der Waals surface area (Å²) in [4.78, 5) is 22.9. The first kappa shape index (κ1) is 18.5. The molecule has 2 amide bonds. The molecule has 0 atom stereocenters. The summed E-state index contributed by atoms with van der Waals surface area (Å²) in [7, 11) is 0. The van der Waals surface area contributed by atoms with Crippen molar-refractivity contribution in [3.05, 3.63) is 35.6 Å². The van der Waals surface area contributed by atoms with E-state index in [1.165, 1.54) is 24.3 Å². The first-order valence-electron chi connectivity index (χ1n) is 7.28. The third kappa shape index (κ3) is 9.14. The van der Waals surface area contributed by atoms with E-state index < -0.39 is 17.6 Å². The lowest BCUT2D eigenvalue weighted by Crippen LogP contribution is -2.34. The number of carbonyl (C=O) groups excluding carboxylic acids is 2. The van der Waals surface area contributed by atoms with Crippen molar-refractivity contribution in [1.29, 1.82) is 0 Å². The molecule has 0 heterocycles. The standard InChI is InChI=1S/C17H21FN2O3/c1-17(2,3)23-16(22)20-12-4-11-19-15(21)10-7-13-5-8-14(18)9-6-13/h5-6,8-9H,4,11-12H2,1-3H3,(H,19,21)(H,20,22). The van der Waals surface area contributed by atoms with Crippen molar-refractivity contribution < 1.29 is 18.7 Å². The van der Waals surface area contributed by atoms with Crippen molar-refractivity contribution in [3.8, 4) is 11.8 Å². The van der Waals surface area contributed by atoms with Gasteiger partial charge < -0.3 is 15.4 Å². The van der Waals surface area contributed by atoms with E-state index >= 15 is 0 Å². The fraction of sp³-hybridized carbons (Fsp3) is 0.412. The largest absolute Gasteiger partial charge is 0.444 e. The lowest BCUT2D eigenvalue weighted by Gasteiger charge is -2.19. The van der Waals surface area contributed by atoms with Gasteiger partial charge in [-0.3, -0.25) is 4.79 Å². The minimum absolute atomic E-state index is 0.350. The third-order valence-corrected chi connectivity index (χ3v) is 2.47. The van der Waals surface area contributed by atoms with Crippen molar-refractivity contribution in [3.63, 3.8) is 0 Å². The lowest BCUT2D eigenvalue weighted by molar-refractivity contribution is -0.115. The van der Waals surface area contributed by atoms with Gasteiger partial charge in [-0.1, -0.05) is 5.92 Å². The Morgan fingerprint density at radius 2 is 1.74 bits per heavy atom. The summed E-state index contributed by atoms with van der Waals surface area (Å²) in [5.74, 6) is 4.28. The lowest BCUT2D eigenvalue weighted by atomic mass is 10.2. The van der Waals surface area contributed by atoms with Crippen LogP contribution < -0.4 is 10.6 Å². The summed E-state index contributed by atoms with van der Waals surface area (Å²) in [5.41, 5.74) is 0.0296. The Labute approximate surface area is 135 Å². The predicted octanol–water partition coefficient (Wildman–Crippen LogP) is 2.21. The Hall–Kier alpha value is -2.55. The van der Waals surface area contributed by atoms with Gasteiger partial charge in [-0.2, -0.15) is 0 Å². The number of benzene rings is 1. The predicted molar refractivity (Wildman–Crippen MR) is 85.1 cm³/mol. The summed E-state index contributed by atoms with van der Waals surface area (Å²) in [6, 6.07) is 5.56. The highest BCUT2D eigenvalue weighted by molar-refractivity contribution is 5.94. The van der Waals surface area contributed by atoms with Crippen LogP contribution in [0, 0.1) is 17.7 Å². The molecule has 23 heavy (non-hydrogen) atoms. The van der Waals surface area contributed by atoms with Crippen LogP contribution in [0.5, 0.6) is 0 Å². The highest BCUT2D eigenvalue weighted by Crippen LogP contribution is 2.06.